The Hall–Kier alpha value is -16.1. The van der Waals surface area contributed by atoms with E-state index < -0.39 is 317 Å². The van der Waals surface area contributed by atoms with Crippen LogP contribution in [0, 0.1) is 11.3 Å². The number of imidazole rings is 3. The molecule has 16 amide bonds. The maximum absolute atomic E-state index is 14.7. The maximum atomic E-state index is 14.7. The van der Waals surface area contributed by atoms with E-state index in [2.05, 4.69) is 115 Å². The van der Waals surface area contributed by atoms with Gasteiger partial charge in [-0.2, -0.15) is 0 Å². The number of benzene rings is 2. The molecule has 0 radical (unpaired) electrons. The van der Waals surface area contributed by atoms with Crippen molar-refractivity contribution in [3.05, 3.63) is 120 Å². The number of phenolic OH excluding ortho intramolecular Hbond substituents is 1. The molecule has 5 rings (SSSR count). The largest absolute Gasteiger partial charge is 0.508 e. The van der Waals surface area contributed by atoms with Crippen molar-refractivity contribution in [2.24, 2.45) is 28.9 Å². The summed E-state index contributed by atoms with van der Waals surface area (Å²) in [5.41, 5.74) is 23.1. The number of nitrogens with zero attached hydrogens (tertiary/aromatic N) is 3. The van der Waals surface area contributed by atoms with Crippen LogP contribution in [-0.4, -0.2) is 313 Å². The summed E-state index contributed by atoms with van der Waals surface area (Å²) in [5, 5.41) is 115. The maximum Gasteiger partial charge on any atom is 0.326 e. The van der Waals surface area contributed by atoms with Crippen LogP contribution in [0.15, 0.2) is 92.2 Å². The number of amides is 16. The van der Waals surface area contributed by atoms with Gasteiger partial charge in [-0.1, -0.05) is 56.3 Å². The highest BCUT2D eigenvalue weighted by atomic mass is 16.4. The minimum atomic E-state index is -2.20. The van der Waals surface area contributed by atoms with Crippen LogP contribution in [0.25, 0.3) is 0 Å². The first-order valence-electron chi connectivity index (χ1n) is 43.6. The van der Waals surface area contributed by atoms with E-state index in [1.54, 1.807) is 30.3 Å². The van der Waals surface area contributed by atoms with Crippen molar-refractivity contribution in [2.45, 2.75) is 227 Å². The van der Waals surface area contributed by atoms with Gasteiger partial charge in [0.25, 0.3) is 0 Å². The number of carboxylic acids is 5. The lowest BCUT2D eigenvalue weighted by molar-refractivity contribution is -0.143. The molecular weight excluding hydrogens is 1840 g/mol. The number of unbranched alkanes of at least 4 members (excludes halogenated alkanes) is 1. The van der Waals surface area contributed by atoms with Crippen LogP contribution in [0.1, 0.15) is 132 Å². The van der Waals surface area contributed by atoms with E-state index in [4.69, 9.17) is 33.5 Å². The number of carbonyl (C=O) groups is 21. The molecule has 3 aromatic heterocycles. The van der Waals surface area contributed by atoms with Gasteiger partial charge in [0.05, 0.1) is 68.1 Å². The molecule has 0 spiro atoms. The van der Waals surface area contributed by atoms with E-state index in [9.17, 15) is 131 Å². The number of carbonyl (C=O) groups excluding carboxylic acids is 16. The molecule has 758 valence electrons. The summed E-state index contributed by atoms with van der Waals surface area (Å²) in [4.78, 5) is 305. The molecule has 2 aromatic carbocycles. The Morgan fingerprint density at radius 3 is 1.18 bits per heavy atom. The zero-order valence-corrected chi connectivity index (χ0v) is 75.8. The van der Waals surface area contributed by atoms with Crippen LogP contribution < -0.4 is 108 Å². The molecule has 0 aliphatic heterocycles. The number of hydrogen-bond donors (Lipinski definition) is 31. The Morgan fingerprint density at radius 2 is 0.763 bits per heavy atom. The van der Waals surface area contributed by atoms with Crippen LogP contribution in [-0.2, 0) is 133 Å². The van der Waals surface area contributed by atoms with Gasteiger partial charge in [-0.25, -0.2) is 19.7 Å². The van der Waals surface area contributed by atoms with E-state index in [0.29, 0.717) is 12.0 Å². The summed E-state index contributed by atoms with van der Waals surface area (Å²) >= 11 is 0. The number of nitrogens with two attached hydrogens (primary N) is 4. The number of phenols is 1. The molecule has 35 N–H and O–H groups in total. The quantitative estimate of drug-likeness (QED) is 0.00976. The molecule has 0 saturated carbocycles. The number of guanidine groups is 1. The minimum absolute atomic E-state index is 0.0458. The Morgan fingerprint density at radius 1 is 0.381 bits per heavy atom. The summed E-state index contributed by atoms with van der Waals surface area (Å²) in [6.45, 7) is 1.72. The van der Waals surface area contributed by atoms with Crippen LogP contribution in [0.5, 0.6) is 5.75 Å². The number of aromatic amines is 3. The number of nitrogens with one attached hydrogen (secondary N) is 20. The number of aromatic hydroxyl groups is 1. The van der Waals surface area contributed by atoms with E-state index in [1.807, 2.05) is 0 Å². The molecule has 0 aliphatic rings. The molecule has 139 heavy (non-hydrogen) atoms. The van der Waals surface area contributed by atoms with Crippen LogP contribution in [0.4, 0.5) is 0 Å². The SMILES string of the molecule is CC(NC(=O)C(N)CC(=O)O)C(=O)NC(CCC(=O)O)C(=O)NC(Cc1ccccc1)C(=O)NC(CCCNC(=N)N)C(=O)NC(Cc1c[nH]cn1)C(=O)NC(CC(=O)O)C(=O)NC(CO)C(=O)NCC(=O)NC(Cc1ccc(O)cc1)C(=O)NC(CCC(=O)O)C(=O)NC(C(=O)NC(Cc1c[nH]cn1)C(=O)NC(Cc1c[nH]cn1)C(=O)NC(CCC(N)=O)C(=O)NC(CCCCN)C(=O)O)C(C)C. The molecule has 0 aliphatic carbocycles. The van der Waals surface area contributed by atoms with Crippen molar-refractivity contribution in [3.63, 3.8) is 0 Å². The molecule has 3 heterocycles. The topological polar surface area (TPSA) is 907 Å². The minimum Gasteiger partial charge on any atom is -0.508 e. The van der Waals surface area contributed by atoms with Gasteiger partial charge in [-0.15, -0.1) is 0 Å². The summed E-state index contributed by atoms with van der Waals surface area (Å²) in [5.74, 6) is -27.8. The number of aliphatic hydroxyl groups excluding tert-OH is 1. The number of aromatic nitrogens is 6. The second kappa shape index (κ2) is 58.2. The zero-order valence-electron chi connectivity index (χ0n) is 75.8. The summed E-state index contributed by atoms with van der Waals surface area (Å²) in [7, 11) is 0. The first-order valence-corrected chi connectivity index (χ1v) is 43.6. The van der Waals surface area contributed by atoms with Gasteiger partial charge in [0.1, 0.15) is 90.3 Å². The highest BCUT2D eigenvalue weighted by Gasteiger charge is 2.40. The van der Waals surface area contributed by atoms with Crippen molar-refractivity contribution in [3.8, 4) is 5.75 Å². The Labute approximate surface area is 792 Å². The van der Waals surface area contributed by atoms with Gasteiger partial charge in [0, 0.05) is 76.5 Å². The fourth-order valence-corrected chi connectivity index (χ4v) is 13.4. The van der Waals surface area contributed by atoms with Gasteiger partial charge in [-0.05, 0) is 94.0 Å². The van der Waals surface area contributed by atoms with Crippen LogP contribution in [0.2, 0.25) is 0 Å². The van der Waals surface area contributed by atoms with E-state index in [1.165, 1.54) is 75.7 Å². The Kier molecular flexibility index (Phi) is 47.5. The number of carboxylic acid groups (broad SMARTS) is 5. The molecule has 5 aromatic rings. The fraction of sp³-hybridized carbons (Fsp3) is 0.488. The number of primary amides is 1. The lowest BCUT2D eigenvalue weighted by Gasteiger charge is -2.29. The van der Waals surface area contributed by atoms with Gasteiger partial charge in [0.2, 0.25) is 94.5 Å². The van der Waals surface area contributed by atoms with Crippen molar-refractivity contribution in [2.75, 3.05) is 26.2 Å². The normalized spacial score (nSPS) is 14.2. The van der Waals surface area contributed by atoms with Crippen molar-refractivity contribution >= 4 is 130 Å². The second-order valence-corrected chi connectivity index (χ2v) is 32.3. The van der Waals surface area contributed by atoms with E-state index >= 15 is 0 Å². The van der Waals surface area contributed by atoms with Crippen molar-refractivity contribution < 1.29 is 136 Å². The van der Waals surface area contributed by atoms with Gasteiger partial charge >= 0.3 is 29.8 Å². The van der Waals surface area contributed by atoms with E-state index in [0.717, 1.165) is 6.92 Å². The summed E-state index contributed by atoms with van der Waals surface area (Å²) in [6, 6.07) is -13.4. The number of hydrogen-bond acceptors (Lipinski definition) is 29. The van der Waals surface area contributed by atoms with Crippen molar-refractivity contribution in [1.82, 2.24) is 115 Å². The van der Waals surface area contributed by atoms with Gasteiger partial charge < -0.3 is 159 Å². The summed E-state index contributed by atoms with van der Waals surface area (Å²) < 4.78 is 0. The zero-order chi connectivity index (χ0) is 103. The third-order valence-corrected chi connectivity index (χ3v) is 20.8. The van der Waals surface area contributed by atoms with E-state index in [-0.39, 0.29) is 73.6 Å². The van der Waals surface area contributed by atoms with Gasteiger partial charge in [-0.3, -0.25) is 101 Å². The second-order valence-electron chi connectivity index (χ2n) is 32.3. The highest BCUT2D eigenvalue weighted by Crippen LogP contribution is 2.17. The average Bonchev–Trinajstić information content (AvgIpc) is 1.83. The molecule has 0 bridgehead atoms. The predicted octanol–water partition coefficient (Wildman–Crippen LogP) is -9.60. The number of H-pyrrole nitrogens is 3. The third kappa shape index (κ3) is 41.7. The molecule has 15 unspecified atom stereocenters. The number of rotatable bonds is 64. The van der Waals surface area contributed by atoms with Crippen molar-refractivity contribution in [1.29, 1.82) is 5.41 Å². The summed E-state index contributed by atoms with van der Waals surface area (Å²) in [6.07, 6.45) is -0.321. The smallest absolute Gasteiger partial charge is 0.326 e. The Balaban J connectivity index is 1.36. The van der Waals surface area contributed by atoms with Crippen LogP contribution >= 0.6 is 0 Å². The van der Waals surface area contributed by atoms with Crippen LogP contribution in [0.3, 0.4) is 0 Å². The molecule has 55 heteroatoms. The number of aliphatic carboxylic acids is 5. The molecular formula is C84H119N27O28. The molecule has 55 nitrogen and oxygen atoms in total. The molecule has 15 atom stereocenters. The first kappa shape index (κ1) is 113. The molecule has 0 saturated heterocycles. The fourth-order valence-electron chi connectivity index (χ4n) is 13.4. The molecule has 0 fully saturated rings. The lowest BCUT2D eigenvalue weighted by atomic mass is 10.00. The average molecular weight is 1960 g/mol. The Bertz CT molecular complexity index is 5030. The standard InChI is InChI=1S/C84H119N27O28/c1-41(2)68(82(137)109-59(30-47-35-92-40-97-47)80(135)107-57(28-45-33-90-38-95-45)78(133)102-51(18-21-62(87)114)73(128)104-54(83(138)139)12-7-8-24-85)111-75(130)53(20-23-65(118)119)103-76(131)55(27-44-14-16-48(113)17-15-44)99-63(115)36-94-71(126)61(37-112)110-81(136)60(32-67(122)123)108-79(134)58(29-46-34-91-39-96-46)106-72(127)50(13-9-25-93-84(88)89)101-77(132)56(26-43-10-5-4-6-11-43)105-74(129)52(19-22-64(116)117)100-69(124)42(3)98-70(125)49(86)31-66(120)121/h4-6,10-11,14-17,33-35,38-42,49-61,68,112-113H,7-9,12-13,18-32,36-37,85-86H2,1-3H3,(H2,87,114)(H,90,95)(H,91,96)(H,92,97)(H,94,126)(H,98,125)(H,99,115)(H,100,124)(H,101,132)(H,102,133)(H,103,131)(H,104,128)(H,105,129)(H,106,127)(H,107,135)(H,108,134)(H,109,137)(H,110,136)(H,111,130)(H,116,117)(H,118,119)(H,120,121)(H,122,123)(H,138,139)(H4,88,89,93). The lowest BCUT2D eigenvalue weighted by Crippen LogP contribution is -2.61. The monoisotopic (exact) mass is 1950 g/mol. The number of aliphatic hydroxyl groups is 1. The van der Waals surface area contributed by atoms with Gasteiger partial charge in [0.15, 0.2) is 5.96 Å². The third-order valence-electron chi connectivity index (χ3n) is 20.8. The highest BCUT2D eigenvalue weighted by molar-refractivity contribution is 6.02. The first-order chi connectivity index (χ1) is 65.8. The predicted molar refractivity (Wildman–Crippen MR) is 481 cm³/mol.